The number of hydrogen-bond acceptors (Lipinski definition) is 3. The first-order valence-corrected chi connectivity index (χ1v) is 6.02. The van der Waals surface area contributed by atoms with E-state index in [1.165, 1.54) is 6.42 Å². The van der Waals surface area contributed by atoms with E-state index in [1.807, 2.05) is 0 Å². The van der Waals surface area contributed by atoms with E-state index in [0.29, 0.717) is 18.1 Å². The molecule has 1 N–H and O–H groups in total. The Kier molecular flexibility index (Phi) is 8.02. The lowest BCUT2D eigenvalue weighted by atomic mass is 10.0. The molecule has 0 rings (SSSR count). The van der Waals surface area contributed by atoms with Gasteiger partial charge in [-0.1, -0.05) is 13.8 Å². The molecule has 0 amide bonds. The molecule has 0 aliphatic heterocycles. The molecule has 0 saturated carbocycles. The first-order chi connectivity index (χ1) is 7.08. The predicted octanol–water partition coefficient (Wildman–Crippen LogP) is 1.73. The van der Waals surface area contributed by atoms with E-state index in [-0.39, 0.29) is 0 Å². The van der Waals surface area contributed by atoms with Crippen LogP contribution in [0.1, 0.15) is 34.1 Å². The Morgan fingerprint density at radius 2 is 1.87 bits per heavy atom. The van der Waals surface area contributed by atoms with Crippen molar-refractivity contribution in [3.63, 3.8) is 0 Å². The van der Waals surface area contributed by atoms with Gasteiger partial charge in [0.1, 0.15) is 0 Å². The maximum atomic E-state index is 5.19. The van der Waals surface area contributed by atoms with Gasteiger partial charge in [0, 0.05) is 25.2 Å². The fourth-order valence-corrected chi connectivity index (χ4v) is 1.96. The third-order valence-corrected chi connectivity index (χ3v) is 3.23. The fraction of sp³-hybridized carbons (Fsp3) is 1.00. The Bertz CT molecular complexity index is 153. The third kappa shape index (κ3) is 4.96. The van der Waals surface area contributed by atoms with Crippen molar-refractivity contribution in [1.29, 1.82) is 0 Å². The van der Waals surface area contributed by atoms with E-state index in [4.69, 9.17) is 4.74 Å². The van der Waals surface area contributed by atoms with Crippen molar-refractivity contribution in [3.05, 3.63) is 0 Å². The van der Waals surface area contributed by atoms with E-state index in [1.54, 1.807) is 7.11 Å². The molecule has 15 heavy (non-hydrogen) atoms. The third-order valence-electron chi connectivity index (χ3n) is 3.23. The lowest BCUT2D eigenvalue weighted by molar-refractivity contribution is 0.0807. The second-order valence-corrected chi connectivity index (χ2v) is 4.28. The second-order valence-electron chi connectivity index (χ2n) is 4.28. The van der Waals surface area contributed by atoms with Gasteiger partial charge < -0.3 is 10.1 Å². The highest BCUT2D eigenvalue weighted by Crippen LogP contribution is 2.09. The first kappa shape index (κ1) is 14.9. The van der Waals surface area contributed by atoms with Crippen molar-refractivity contribution < 1.29 is 4.74 Å². The Balaban J connectivity index is 4.19. The highest BCUT2D eigenvalue weighted by atomic mass is 16.5. The van der Waals surface area contributed by atoms with E-state index < -0.39 is 0 Å². The van der Waals surface area contributed by atoms with Crippen LogP contribution in [0, 0.1) is 0 Å². The number of likely N-dealkylation sites (N-methyl/N-ethyl adjacent to an activating group) is 2. The van der Waals surface area contributed by atoms with E-state index in [0.717, 1.165) is 13.2 Å². The van der Waals surface area contributed by atoms with Gasteiger partial charge in [0.25, 0.3) is 0 Å². The number of hydrogen-bond donors (Lipinski definition) is 1. The molecular weight excluding hydrogens is 188 g/mol. The highest BCUT2D eigenvalue weighted by molar-refractivity contribution is 4.80. The van der Waals surface area contributed by atoms with Gasteiger partial charge >= 0.3 is 0 Å². The van der Waals surface area contributed by atoms with Gasteiger partial charge in [-0.15, -0.1) is 0 Å². The minimum absolute atomic E-state index is 0.470. The summed E-state index contributed by atoms with van der Waals surface area (Å²) in [6, 6.07) is 1.58. The molecule has 3 heteroatoms. The van der Waals surface area contributed by atoms with E-state index >= 15 is 0 Å². The van der Waals surface area contributed by atoms with Crippen LogP contribution in [0.4, 0.5) is 0 Å². The summed E-state index contributed by atoms with van der Waals surface area (Å²) in [6.45, 7) is 10.7. The van der Waals surface area contributed by atoms with Crippen LogP contribution in [-0.2, 0) is 4.74 Å². The van der Waals surface area contributed by atoms with Crippen LogP contribution in [0.5, 0.6) is 0 Å². The van der Waals surface area contributed by atoms with Crippen molar-refractivity contribution in [2.45, 2.75) is 52.2 Å². The Labute approximate surface area is 95.2 Å². The Morgan fingerprint density at radius 1 is 1.27 bits per heavy atom. The SMILES string of the molecule is CCNC(CC)C(C)N(C)C(C)COC. The molecule has 0 aliphatic carbocycles. The predicted molar refractivity (Wildman–Crippen MR) is 66.3 cm³/mol. The maximum absolute atomic E-state index is 5.19. The molecule has 3 unspecified atom stereocenters. The van der Waals surface area contributed by atoms with Gasteiger partial charge in [0.15, 0.2) is 0 Å². The van der Waals surface area contributed by atoms with Gasteiger partial charge in [-0.25, -0.2) is 0 Å². The molecule has 0 spiro atoms. The zero-order valence-electron chi connectivity index (χ0n) is 11.2. The van der Waals surface area contributed by atoms with Crippen LogP contribution >= 0.6 is 0 Å². The summed E-state index contributed by atoms with van der Waals surface area (Å²) in [6.07, 6.45) is 1.17. The van der Waals surface area contributed by atoms with Crippen LogP contribution in [0.25, 0.3) is 0 Å². The zero-order valence-corrected chi connectivity index (χ0v) is 11.2. The van der Waals surface area contributed by atoms with Gasteiger partial charge in [-0.2, -0.15) is 0 Å². The average molecular weight is 216 g/mol. The van der Waals surface area contributed by atoms with E-state index in [9.17, 15) is 0 Å². The molecule has 0 heterocycles. The zero-order chi connectivity index (χ0) is 11.8. The van der Waals surface area contributed by atoms with Crippen molar-refractivity contribution in [2.75, 3.05) is 27.3 Å². The molecule has 3 atom stereocenters. The van der Waals surface area contributed by atoms with Crippen LogP contribution in [0.3, 0.4) is 0 Å². The molecule has 0 aromatic carbocycles. The maximum Gasteiger partial charge on any atom is 0.0615 e. The van der Waals surface area contributed by atoms with Crippen molar-refractivity contribution in [2.24, 2.45) is 0 Å². The normalized spacial score (nSPS) is 17.8. The Hall–Kier alpha value is -0.120. The Morgan fingerprint density at radius 3 is 2.27 bits per heavy atom. The largest absolute Gasteiger partial charge is 0.383 e. The summed E-state index contributed by atoms with van der Waals surface area (Å²) in [4.78, 5) is 2.39. The number of methoxy groups -OCH3 is 1. The second kappa shape index (κ2) is 8.08. The minimum Gasteiger partial charge on any atom is -0.383 e. The topological polar surface area (TPSA) is 24.5 Å². The number of nitrogens with zero attached hydrogens (tertiary/aromatic N) is 1. The smallest absolute Gasteiger partial charge is 0.0615 e. The van der Waals surface area contributed by atoms with Crippen LogP contribution < -0.4 is 5.32 Å². The van der Waals surface area contributed by atoms with Crippen molar-refractivity contribution in [3.8, 4) is 0 Å². The molecule has 0 radical (unpaired) electrons. The lowest BCUT2D eigenvalue weighted by Crippen LogP contribution is -2.50. The van der Waals surface area contributed by atoms with Crippen molar-refractivity contribution in [1.82, 2.24) is 10.2 Å². The average Bonchev–Trinajstić information content (AvgIpc) is 2.24. The molecule has 0 aromatic heterocycles. The molecule has 0 aromatic rings. The van der Waals surface area contributed by atoms with Crippen molar-refractivity contribution >= 4 is 0 Å². The van der Waals surface area contributed by atoms with Crippen LogP contribution in [0.2, 0.25) is 0 Å². The highest BCUT2D eigenvalue weighted by Gasteiger charge is 2.22. The van der Waals surface area contributed by atoms with Gasteiger partial charge in [-0.05, 0) is 33.9 Å². The van der Waals surface area contributed by atoms with Gasteiger partial charge in [0.05, 0.1) is 6.61 Å². The molecular formula is C12H28N2O. The summed E-state index contributed by atoms with van der Waals surface area (Å²) in [5.74, 6) is 0. The molecule has 0 aliphatic rings. The lowest BCUT2D eigenvalue weighted by Gasteiger charge is -2.35. The summed E-state index contributed by atoms with van der Waals surface area (Å²) in [5.41, 5.74) is 0. The monoisotopic (exact) mass is 216 g/mol. The molecule has 0 bridgehead atoms. The minimum atomic E-state index is 0.470. The van der Waals surface area contributed by atoms with Crippen LogP contribution in [-0.4, -0.2) is 50.3 Å². The number of nitrogens with one attached hydrogen (secondary N) is 1. The molecule has 0 fully saturated rings. The standard InChI is InChI=1S/C12H28N2O/c1-7-12(13-8-2)11(4)14(5)10(3)9-15-6/h10-13H,7-9H2,1-6H3. The summed E-state index contributed by atoms with van der Waals surface area (Å²) in [5, 5.41) is 3.53. The molecule has 92 valence electrons. The van der Waals surface area contributed by atoms with Crippen LogP contribution in [0.15, 0.2) is 0 Å². The number of rotatable bonds is 8. The molecule has 3 nitrogen and oxygen atoms in total. The van der Waals surface area contributed by atoms with E-state index in [2.05, 4.69) is 45.0 Å². The molecule has 0 saturated heterocycles. The summed E-state index contributed by atoms with van der Waals surface area (Å²) < 4.78 is 5.19. The fourth-order valence-electron chi connectivity index (χ4n) is 1.96. The first-order valence-electron chi connectivity index (χ1n) is 6.02. The number of ether oxygens (including phenoxy) is 1. The summed E-state index contributed by atoms with van der Waals surface area (Å²) in [7, 11) is 3.94. The van der Waals surface area contributed by atoms with Gasteiger partial charge in [-0.3, -0.25) is 4.90 Å². The summed E-state index contributed by atoms with van der Waals surface area (Å²) >= 11 is 0. The quantitative estimate of drug-likeness (QED) is 0.669. The van der Waals surface area contributed by atoms with Gasteiger partial charge in [0.2, 0.25) is 0 Å².